The van der Waals surface area contributed by atoms with Crippen molar-refractivity contribution in [1.29, 1.82) is 0 Å². The minimum Gasteiger partial charge on any atom is -0.486 e. The molecule has 0 aliphatic carbocycles. The van der Waals surface area contributed by atoms with Gasteiger partial charge in [-0.2, -0.15) is 0 Å². The van der Waals surface area contributed by atoms with Gasteiger partial charge in [0.25, 0.3) is 5.91 Å². The molecule has 3 aromatic carbocycles. The number of hydrogen-bond acceptors (Lipinski definition) is 3. The quantitative estimate of drug-likeness (QED) is 0.594. The summed E-state index contributed by atoms with van der Waals surface area (Å²) in [5.41, 5.74) is 5.40. The van der Waals surface area contributed by atoms with E-state index in [0.29, 0.717) is 17.9 Å². The highest BCUT2D eigenvalue weighted by atomic mass is 16.5. The Kier molecular flexibility index (Phi) is 5.76. The zero-order valence-corrected chi connectivity index (χ0v) is 18.1. The molecular formula is C28H27NO3. The van der Waals surface area contributed by atoms with Crippen molar-refractivity contribution in [3.63, 3.8) is 0 Å². The molecule has 0 aromatic heterocycles. The van der Waals surface area contributed by atoms with Crippen molar-refractivity contribution in [2.24, 2.45) is 5.92 Å². The summed E-state index contributed by atoms with van der Waals surface area (Å²) in [5, 5.41) is 0. The molecule has 0 bridgehead atoms. The van der Waals surface area contributed by atoms with Crippen LogP contribution in [0.1, 0.15) is 34.3 Å². The van der Waals surface area contributed by atoms with Crippen LogP contribution < -0.4 is 4.74 Å². The number of likely N-dealkylation sites (tertiary alicyclic amines) is 1. The van der Waals surface area contributed by atoms with E-state index in [1.54, 1.807) is 0 Å². The van der Waals surface area contributed by atoms with Gasteiger partial charge in [0.15, 0.2) is 5.78 Å². The summed E-state index contributed by atoms with van der Waals surface area (Å²) in [6, 6.07) is 24.7. The molecule has 1 saturated heterocycles. The number of ketones is 1. The Balaban J connectivity index is 1.23. The van der Waals surface area contributed by atoms with E-state index in [4.69, 9.17) is 4.74 Å². The number of rotatable bonds is 4. The van der Waals surface area contributed by atoms with E-state index in [-0.39, 0.29) is 18.3 Å². The number of Topliss-reactive ketones (excluding diaryl/α,β-unsaturated/α-hetero) is 1. The maximum Gasteiger partial charge on any atom is 0.253 e. The Labute approximate surface area is 188 Å². The van der Waals surface area contributed by atoms with E-state index < -0.39 is 0 Å². The predicted molar refractivity (Wildman–Crippen MR) is 125 cm³/mol. The Hall–Kier alpha value is -3.40. The summed E-state index contributed by atoms with van der Waals surface area (Å²) < 4.78 is 5.45. The Morgan fingerprint density at radius 3 is 2.50 bits per heavy atom. The monoisotopic (exact) mass is 425 g/mol. The van der Waals surface area contributed by atoms with Crippen LogP contribution in [0.25, 0.3) is 11.1 Å². The molecule has 4 heteroatoms. The van der Waals surface area contributed by atoms with Crippen molar-refractivity contribution in [1.82, 2.24) is 4.90 Å². The highest BCUT2D eigenvalue weighted by Gasteiger charge is 2.26. The van der Waals surface area contributed by atoms with Crippen molar-refractivity contribution in [3.8, 4) is 16.9 Å². The second kappa shape index (κ2) is 8.99. The molecule has 162 valence electrons. The van der Waals surface area contributed by atoms with Crippen LogP contribution in [0.4, 0.5) is 0 Å². The fourth-order valence-electron chi connectivity index (χ4n) is 4.84. The van der Waals surface area contributed by atoms with E-state index in [1.807, 2.05) is 29.2 Å². The molecule has 1 amide bonds. The Morgan fingerprint density at radius 2 is 1.69 bits per heavy atom. The Morgan fingerprint density at radius 1 is 0.938 bits per heavy atom. The fraction of sp³-hybridized carbons (Fsp3) is 0.286. The number of nitrogens with zero attached hydrogens (tertiary/aromatic N) is 1. The first-order valence-electron chi connectivity index (χ1n) is 11.4. The van der Waals surface area contributed by atoms with Crippen LogP contribution >= 0.6 is 0 Å². The average Bonchev–Trinajstić information content (AvgIpc) is 2.84. The number of carbonyl (C=O) groups excluding carboxylic acids is 2. The minimum atomic E-state index is 0.0500. The largest absolute Gasteiger partial charge is 0.486 e. The average molecular weight is 426 g/mol. The first kappa shape index (κ1) is 20.5. The molecule has 0 atom stereocenters. The molecule has 2 aliphatic heterocycles. The molecule has 2 heterocycles. The number of ether oxygens (including phenoxy) is 1. The second-order valence-electron chi connectivity index (χ2n) is 8.79. The van der Waals surface area contributed by atoms with E-state index in [9.17, 15) is 9.59 Å². The second-order valence-corrected chi connectivity index (χ2v) is 8.79. The summed E-state index contributed by atoms with van der Waals surface area (Å²) >= 11 is 0. The van der Waals surface area contributed by atoms with Gasteiger partial charge in [-0.25, -0.2) is 0 Å². The smallest absolute Gasteiger partial charge is 0.253 e. The molecule has 1 fully saturated rings. The standard InChI is InChI=1S/C28H27NO3/c30-25-18-24-17-23(10-11-27(24)32-19-25)28(31)29-14-12-20(13-15-29)16-22-8-4-5-9-26(22)21-6-2-1-3-7-21/h1-11,17,20H,12-16,18-19H2. The van der Waals surface area contributed by atoms with Crippen molar-refractivity contribution in [2.45, 2.75) is 25.7 Å². The van der Waals surface area contributed by atoms with E-state index in [0.717, 1.165) is 43.7 Å². The van der Waals surface area contributed by atoms with Crippen LogP contribution in [0.3, 0.4) is 0 Å². The predicted octanol–water partition coefficient (Wildman–Crippen LogP) is 4.95. The van der Waals surface area contributed by atoms with Crippen LogP contribution in [0.15, 0.2) is 72.8 Å². The molecule has 0 saturated carbocycles. The van der Waals surface area contributed by atoms with Gasteiger partial charge in [-0.1, -0.05) is 54.6 Å². The number of amides is 1. The van der Waals surface area contributed by atoms with Crippen LogP contribution in [0.5, 0.6) is 5.75 Å². The third-order valence-electron chi connectivity index (χ3n) is 6.60. The van der Waals surface area contributed by atoms with Crippen molar-refractivity contribution in [3.05, 3.63) is 89.5 Å². The number of piperidine rings is 1. The van der Waals surface area contributed by atoms with Gasteiger partial charge >= 0.3 is 0 Å². The lowest BCUT2D eigenvalue weighted by Gasteiger charge is -2.32. The number of hydrogen-bond donors (Lipinski definition) is 0. The fourth-order valence-corrected chi connectivity index (χ4v) is 4.84. The molecule has 0 unspecified atom stereocenters. The highest BCUT2D eigenvalue weighted by molar-refractivity contribution is 5.95. The van der Waals surface area contributed by atoms with E-state index >= 15 is 0 Å². The summed E-state index contributed by atoms with van der Waals surface area (Å²) in [5.74, 6) is 1.39. The maximum absolute atomic E-state index is 13.1. The van der Waals surface area contributed by atoms with Crippen molar-refractivity contribution in [2.75, 3.05) is 19.7 Å². The van der Waals surface area contributed by atoms with Crippen LogP contribution in [-0.2, 0) is 17.6 Å². The number of carbonyl (C=O) groups is 2. The third kappa shape index (κ3) is 4.31. The summed E-state index contributed by atoms with van der Waals surface area (Å²) in [6.07, 6.45) is 3.38. The molecular weight excluding hydrogens is 398 g/mol. The molecule has 32 heavy (non-hydrogen) atoms. The first-order chi connectivity index (χ1) is 15.7. The normalized spacial score (nSPS) is 16.4. The topological polar surface area (TPSA) is 46.6 Å². The third-order valence-corrected chi connectivity index (χ3v) is 6.60. The minimum absolute atomic E-state index is 0.0500. The van der Waals surface area contributed by atoms with Gasteiger partial charge in [-0.3, -0.25) is 9.59 Å². The molecule has 3 aromatic rings. The van der Waals surface area contributed by atoms with E-state index in [2.05, 4.69) is 48.5 Å². The highest BCUT2D eigenvalue weighted by Crippen LogP contribution is 2.30. The van der Waals surface area contributed by atoms with Gasteiger partial charge < -0.3 is 9.64 Å². The van der Waals surface area contributed by atoms with Gasteiger partial charge in [-0.15, -0.1) is 0 Å². The molecule has 0 N–H and O–H groups in total. The molecule has 5 rings (SSSR count). The van der Waals surface area contributed by atoms with Crippen molar-refractivity contribution < 1.29 is 14.3 Å². The zero-order valence-electron chi connectivity index (χ0n) is 18.1. The van der Waals surface area contributed by atoms with Crippen LogP contribution in [0, 0.1) is 5.92 Å². The number of benzene rings is 3. The van der Waals surface area contributed by atoms with Crippen molar-refractivity contribution >= 4 is 11.7 Å². The lowest BCUT2D eigenvalue weighted by atomic mass is 9.86. The van der Waals surface area contributed by atoms with Gasteiger partial charge in [0, 0.05) is 30.6 Å². The van der Waals surface area contributed by atoms with Crippen LogP contribution in [0.2, 0.25) is 0 Å². The summed E-state index contributed by atoms with van der Waals surface area (Å²) in [7, 11) is 0. The summed E-state index contributed by atoms with van der Waals surface area (Å²) in [4.78, 5) is 26.7. The van der Waals surface area contributed by atoms with Gasteiger partial charge in [0.05, 0.1) is 0 Å². The zero-order chi connectivity index (χ0) is 21.9. The first-order valence-corrected chi connectivity index (χ1v) is 11.4. The lowest BCUT2D eigenvalue weighted by molar-refractivity contribution is -0.121. The van der Waals surface area contributed by atoms with Gasteiger partial charge in [-0.05, 0) is 60.1 Å². The van der Waals surface area contributed by atoms with Gasteiger partial charge in [0.2, 0.25) is 0 Å². The van der Waals surface area contributed by atoms with Crippen LogP contribution in [-0.4, -0.2) is 36.3 Å². The summed E-state index contributed by atoms with van der Waals surface area (Å²) in [6.45, 7) is 1.66. The molecule has 2 aliphatic rings. The SMILES string of the molecule is O=C1COc2ccc(C(=O)N3CCC(Cc4ccccc4-c4ccccc4)CC3)cc2C1. The Bertz CT molecular complexity index is 1130. The lowest BCUT2D eigenvalue weighted by Crippen LogP contribution is -2.39. The molecule has 0 radical (unpaired) electrons. The van der Waals surface area contributed by atoms with E-state index in [1.165, 1.54) is 16.7 Å². The number of fused-ring (bicyclic) bond motifs is 1. The van der Waals surface area contributed by atoms with Gasteiger partial charge in [0.1, 0.15) is 12.4 Å². The molecule has 0 spiro atoms. The molecule has 4 nitrogen and oxygen atoms in total. The maximum atomic E-state index is 13.1.